The number of nitrogens with zero attached hydrogens (tertiary/aromatic N) is 7. The number of nitrogens with one attached hydrogen (secondary N) is 2. The summed E-state index contributed by atoms with van der Waals surface area (Å²) in [5, 5.41) is 11.1. The Balaban J connectivity index is 0.955. The summed E-state index contributed by atoms with van der Waals surface area (Å²) >= 11 is 0. The number of pyridine rings is 1. The average Bonchev–Trinajstić information content (AvgIpc) is 3.73. The van der Waals surface area contributed by atoms with Crippen molar-refractivity contribution in [3.05, 3.63) is 85.2 Å². The van der Waals surface area contributed by atoms with E-state index in [4.69, 9.17) is 4.74 Å². The standard InChI is InChI=1S/C35H36FN9O3/c1-48-23-35(34(47)40-26-5-8-29-28(20-26)32(42-41-29)25-9-13-37-30(36)19-25)10-14-43(22-35)21-31(46)45-17-15-44(16-18-45)27-6-3-24(4-7-27)33-38-11-2-12-39-33/h2-9,11-13,19-20H,10,14-18,21-23H2,1H3,(H,40,47)(H,41,42). The van der Waals surface area contributed by atoms with Crippen LogP contribution < -0.4 is 10.2 Å². The molecular weight excluding hydrogens is 613 g/mol. The summed E-state index contributed by atoms with van der Waals surface area (Å²) in [6.07, 6.45) is 5.42. The van der Waals surface area contributed by atoms with Gasteiger partial charge in [-0.05, 0) is 67.6 Å². The van der Waals surface area contributed by atoms with Gasteiger partial charge in [-0.25, -0.2) is 15.0 Å². The Kier molecular flexibility index (Phi) is 8.78. The number of halogens is 1. The van der Waals surface area contributed by atoms with Gasteiger partial charge in [0.1, 0.15) is 5.69 Å². The van der Waals surface area contributed by atoms with Crippen LogP contribution in [0.4, 0.5) is 15.8 Å². The molecule has 246 valence electrons. The molecule has 0 aliphatic carbocycles. The Bertz CT molecular complexity index is 1910. The van der Waals surface area contributed by atoms with Crippen molar-refractivity contribution in [2.75, 3.05) is 69.7 Å². The van der Waals surface area contributed by atoms with E-state index in [1.807, 2.05) is 34.1 Å². The van der Waals surface area contributed by atoms with Crippen molar-refractivity contribution in [3.63, 3.8) is 0 Å². The minimum Gasteiger partial charge on any atom is -0.384 e. The second-order valence-electron chi connectivity index (χ2n) is 12.3. The summed E-state index contributed by atoms with van der Waals surface area (Å²) in [5.41, 5.74) is 3.75. The topological polar surface area (TPSA) is 132 Å². The highest BCUT2D eigenvalue weighted by Crippen LogP contribution is 2.34. The van der Waals surface area contributed by atoms with Crippen LogP contribution in [0.5, 0.6) is 0 Å². The lowest BCUT2D eigenvalue weighted by Crippen LogP contribution is -2.51. The molecule has 13 heteroatoms. The molecule has 2 amide bonds. The number of aromatic amines is 1. The van der Waals surface area contributed by atoms with Crippen LogP contribution in [-0.4, -0.2) is 106 Å². The molecule has 0 saturated carbocycles. The maximum absolute atomic E-state index is 13.8. The lowest BCUT2D eigenvalue weighted by Gasteiger charge is -2.37. The Labute approximate surface area is 277 Å². The van der Waals surface area contributed by atoms with E-state index in [1.54, 1.807) is 37.7 Å². The lowest BCUT2D eigenvalue weighted by atomic mass is 9.87. The van der Waals surface area contributed by atoms with E-state index in [0.717, 1.165) is 35.2 Å². The van der Waals surface area contributed by atoms with E-state index in [-0.39, 0.29) is 25.0 Å². The first kappa shape index (κ1) is 31.3. The smallest absolute Gasteiger partial charge is 0.236 e. The molecule has 5 heterocycles. The molecule has 2 aliphatic rings. The van der Waals surface area contributed by atoms with Crippen molar-refractivity contribution >= 4 is 34.1 Å². The maximum Gasteiger partial charge on any atom is 0.236 e. The largest absolute Gasteiger partial charge is 0.384 e. The van der Waals surface area contributed by atoms with E-state index >= 15 is 0 Å². The minimum absolute atomic E-state index is 0.0605. The molecule has 2 N–H and O–H groups in total. The van der Waals surface area contributed by atoms with Gasteiger partial charge >= 0.3 is 0 Å². The second-order valence-corrected chi connectivity index (χ2v) is 12.3. The number of piperazine rings is 1. The number of ether oxygens (including phenoxy) is 1. The number of aromatic nitrogens is 5. The first-order valence-electron chi connectivity index (χ1n) is 15.9. The van der Waals surface area contributed by atoms with Crippen molar-refractivity contribution in [2.45, 2.75) is 6.42 Å². The number of likely N-dealkylation sites (tertiary alicyclic amines) is 1. The monoisotopic (exact) mass is 649 g/mol. The molecule has 0 radical (unpaired) electrons. The van der Waals surface area contributed by atoms with Crippen molar-refractivity contribution in [1.82, 2.24) is 34.9 Å². The molecule has 2 aromatic carbocycles. The van der Waals surface area contributed by atoms with E-state index in [2.05, 4.69) is 47.5 Å². The zero-order valence-electron chi connectivity index (χ0n) is 26.6. The maximum atomic E-state index is 13.8. The fourth-order valence-electron chi connectivity index (χ4n) is 6.64. The number of hydrogen-bond acceptors (Lipinski definition) is 9. The van der Waals surface area contributed by atoms with Crippen LogP contribution in [0, 0.1) is 11.4 Å². The molecule has 12 nitrogen and oxygen atoms in total. The predicted molar refractivity (Wildman–Crippen MR) is 180 cm³/mol. The first-order chi connectivity index (χ1) is 23.4. The van der Waals surface area contributed by atoms with Gasteiger partial charge in [-0.3, -0.25) is 19.6 Å². The fraction of sp³-hybridized carbons (Fsp3) is 0.314. The fourth-order valence-corrected chi connectivity index (χ4v) is 6.64. The molecule has 2 fully saturated rings. The zero-order chi connectivity index (χ0) is 33.1. The number of amides is 2. The number of anilines is 2. The minimum atomic E-state index is -0.812. The summed E-state index contributed by atoms with van der Waals surface area (Å²) in [5.74, 6) is -0.0108. The molecule has 1 atom stereocenters. The van der Waals surface area contributed by atoms with E-state index < -0.39 is 11.4 Å². The highest BCUT2D eigenvalue weighted by molar-refractivity contribution is 6.00. The van der Waals surface area contributed by atoms with Gasteiger partial charge in [-0.15, -0.1) is 0 Å². The quantitative estimate of drug-likeness (QED) is 0.229. The normalized spacial score (nSPS) is 18.4. The summed E-state index contributed by atoms with van der Waals surface area (Å²) in [6, 6.07) is 18.5. The van der Waals surface area contributed by atoms with E-state index in [9.17, 15) is 14.0 Å². The van der Waals surface area contributed by atoms with Crippen LogP contribution in [0.15, 0.2) is 79.3 Å². The van der Waals surface area contributed by atoms with Gasteiger partial charge in [-0.1, -0.05) is 0 Å². The molecule has 2 aliphatic heterocycles. The number of hydrogen-bond donors (Lipinski definition) is 2. The third kappa shape index (κ3) is 6.46. The summed E-state index contributed by atoms with van der Waals surface area (Å²) in [6.45, 7) is 4.23. The Hall–Kier alpha value is -5.27. The van der Waals surface area contributed by atoms with Crippen molar-refractivity contribution in [3.8, 4) is 22.6 Å². The summed E-state index contributed by atoms with van der Waals surface area (Å²) < 4.78 is 19.3. The van der Waals surface area contributed by atoms with Crippen LogP contribution in [-0.2, 0) is 14.3 Å². The highest BCUT2D eigenvalue weighted by Gasteiger charge is 2.45. The third-order valence-corrected chi connectivity index (χ3v) is 9.20. The van der Waals surface area contributed by atoms with Gasteiger partial charge in [-0.2, -0.15) is 9.49 Å². The van der Waals surface area contributed by atoms with Crippen molar-refractivity contribution in [2.24, 2.45) is 5.41 Å². The second kappa shape index (κ2) is 13.5. The SMILES string of the molecule is COCC1(C(=O)Nc2ccc3[nH]nc(-c4ccnc(F)c4)c3c2)CCN(CC(=O)N2CCN(c3ccc(-c4ncccn4)cc3)CC2)C1. The van der Waals surface area contributed by atoms with Gasteiger partial charge in [0.05, 0.1) is 24.1 Å². The molecule has 48 heavy (non-hydrogen) atoms. The van der Waals surface area contributed by atoms with Gasteiger partial charge in [0.2, 0.25) is 17.8 Å². The van der Waals surface area contributed by atoms with Crippen molar-refractivity contribution < 1.29 is 18.7 Å². The van der Waals surface area contributed by atoms with Gasteiger partial charge < -0.3 is 19.9 Å². The molecular formula is C35H36FN9O3. The van der Waals surface area contributed by atoms with E-state index in [1.165, 1.54) is 12.3 Å². The first-order valence-corrected chi connectivity index (χ1v) is 15.9. The Morgan fingerprint density at radius 3 is 2.48 bits per heavy atom. The average molecular weight is 650 g/mol. The molecule has 3 aromatic heterocycles. The van der Waals surface area contributed by atoms with Gasteiger partial charge in [0, 0.05) is 92.4 Å². The van der Waals surface area contributed by atoms with Crippen LogP contribution >= 0.6 is 0 Å². The molecule has 7 rings (SSSR count). The third-order valence-electron chi connectivity index (χ3n) is 9.20. The van der Waals surface area contributed by atoms with Crippen LogP contribution in [0.3, 0.4) is 0 Å². The van der Waals surface area contributed by atoms with E-state index in [0.29, 0.717) is 55.4 Å². The highest BCUT2D eigenvalue weighted by atomic mass is 19.1. The molecule has 5 aromatic rings. The number of carbonyl (C=O) groups is 2. The molecule has 0 bridgehead atoms. The van der Waals surface area contributed by atoms with Gasteiger partial charge in [0.15, 0.2) is 5.82 Å². The number of benzene rings is 2. The summed E-state index contributed by atoms with van der Waals surface area (Å²) in [7, 11) is 1.59. The predicted octanol–water partition coefficient (Wildman–Crippen LogP) is 3.85. The van der Waals surface area contributed by atoms with Crippen LogP contribution in [0.1, 0.15) is 6.42 Å². The van der Waals surface area contributed by atoms with Crippen LogP contribution in [0.25, 0.3) is 33.5 Å². The molecule has 1 unspecified atom stereocenters. The lowest BCUT2D eigenvalue weighted by molar-refractivity contribution is -0.133. The number of H-pyrrole nitrogens is 1. The Morgan fingerprint density at radius 2 is 1.73 bits per heavy atom. The number of methoxy groups -OCH3 is 1. The number of carbonyl (C=O) groups excluding carboxylic acids is 2. The Morgan fingerprint density at radius 1 is 0.938 bits per heavy atom. The molecule has 0 spiro atoms. The summed E-state index contributed by atoms with van der Waals surface area (Å²) in [4.78, 5) is 45.7. The zero-order valence-corrected chi connectivity index (χ0v) is 26.6. The molecule has 2 saturated heterocycles. The number of fused-ring (bicyclic) bond motifs is 1. The van der Waals surface area contributed by atoms with Crippen LogP contribution in [0.2, 0.25) is 0 Å². The van der Waals surface area contributed by atoms with Crippen molar-refractivity contribution in [1.29, 1.82) is 0 Å². The number of rotatable bonds is 9. The van der Waals surface area contributed by atoms with Gasteiger partial charge in [0.25, 0.3) is 0 Å².